The van der Waals surface area contributed by atoms with Crippen LogP contribution in [0, 0.1) is 0 Å². The number of nitrogens with one attached hydrogen (secondary N) is 1. The van der Waals surface area contributed by atoms with E-state index in [-0.39, 0.29) is 5.91 Å². The molecule has 2 heterocycles. The second-order valence-corrected chi connectivity index (χ2v) is 6.11. The van der Waals surface area contributed by atoms with Crippen LogP contribution in [-0.2, 0) is 16.0 Å². The van der Waals surface area contributed by atoms with Crippen LogP contribution in [0.4, 0.5) is 0 Å². The molecule has 1 saturated heterocycles. The van der Waals surface area contributed by atoms with E-state index in [4.69, 9.17) is 4.74 Å². The third-order valence-corrected chi connectivity index (χ3v) is 4.56. The van der Waals surface area contributed by atoms with Crippen LogP contribution in [0.3, 0.4) is 0 Å². The number of carbonyl (C=O) groups excluding carboxylic acids is 1. The first-order chi connectivity index (χ1) is 11.3. The fourth-order valence-corrected chi connectivity index (χ4v) is 3.21. The van der Waals surface area contributed by atoms with E-state index in [9.17, 15) is 4.79 Å². The highest BCUT2D eigenvalue weighted by atomic mass is 16.5. The number of amides is 1. The second kappa shape index (κ2) is 7.62. The summed E-state index contributed by atoms with van der Waals surface area (Å²) in [4.78, 5) is 20.2. The average Bonchev–Trinajstić information content (AvgIpc) is 2.99. The van der Waals surface area contributed by atoms with Crippen molar-refractivity contribution in [1.82, 2.24) is 14.8 Å². The topological polar surface area (TPSA) is 48.6 Å². The predicted octanol–water partition coefficient (Wildman–Crippen LogP) is 1.89. The molecule has 0 radical (unpaired) electrons. The summed E-state index contributed by atoms with van der Waals surface area (Å²) >= 11 is 0. The minimum atomic E-state index is 0.228. The molecule has 0 bridgehead atoms. The minimum absolute atomic E-state index is 0.228. The van der Waals surface area contributed by atoms with Crippen LogP contribution in [0.15, 0.2) is 30.5 Å². The first kappa shape index (κ1) is 16.0. The Hall–Kier alpha value is -1.85. The van der Waals surface area contributed by atoms with Crippen LogP contribution in [0.2, 0.25) is 0 Å². The van der Waals surface area contributed by atoms with Crippen LogP contribution in [0.1, 0.15) is 12.0 Å². The molecule has 1 aliphatic heterocycles. The van der Waals surface area contributed by atoms with Crippen LogP contribution in [0.5, 0.6) is 0 Å². The van der Waals surface area contributed by atoms with Crippen molar-refractivity contribution in [2.45, 2.75) is 12.8 Å². The number of para-hydroxylation sites is 1. The lowest BCUT2D eigenvalue weighted by atomic mass is 10.1. The zero-order valence-electron chi connectivity index (χ0n) is 13.8. The molecule has 124 valence electrons. The smallest absolute Gasteiger partial charge is 0.227 e. The molecule has 1 aromatic heterocycles. The van der Waals surface area contributed by atoms with Gasteiger partial charge in [0.05, 0.1) is 6.42 Å². The van der Waals surface area contributed by atoms with E-state index in [1.54, 1.807) is 7.11 Å². The van der Waals surface area contributed by atoms with Gasteiger partial charge in [0, 0.05) is 63.5 Å². The van der Waals surface area contributed by atoms with Crippen molar-refractivity contribution in [1.29, 1.82) is 0 Å². The van der Waals surface area contributed by atoms with E-state index in [1.165, 1.54) is 0 Å². The predicted molar refractivity (Wildman–Crippen MR) is 91.5 cm³/mol. The summed E-state index contributed by atoms with van der Waals surface area (Å²) in [6, 6.07) is 8.14. The summed E-state index contributed by atoms with van der Waals surface area (Å²) in [5.41, 5.74) is 2.19. The largest absolute Gasteiger partial charge is 0.385 e. The van der Waals surface area contributed by atoms with Gasteiger partial charge in [-0.1, -0.05) is 18.2 Å². The number of methoxy groups -OCH3 is 1. The van der Waals surface area contributed by atoms with Crippen LogP contribution < -0.4 is 0 Å². The van der Waals surface area contributed by atoms with E-state index in [1.807, 2.05) is 29.3 Å². The number of aromatic nitrogens is 1. The normalized spacial score (nSPS) is 16.1. The molecule has 5 nitrogen and oxygen atoms in total. The number of aromatic amines is 1. The van der Waals surface area contributed by atoms with Gasteiger partial charge in [0.1, 0.15) is 0 Å². The Balaban J connectivity index is 1.52. The van der Waals surface area contributed by atoms with Gasteiger partial charge in [0.25, 0.3) is 0 Å². The van der Waals surface area contributed by atoms with Crippen molar-refractivity contribution in [3.63, 3.8) is 0 Å². The summed E-state index contributed by atoms with van der Waals surface area (Å²) in [5.74, 6) is 0.228. The maximum Gasteiger partial charge on any atom is 0.227 e. The molecule has 5 heteroatoms. The van der Waals surface area contributed by atoms with E-state index < -0.39 is 0 Å². The molecule has 3 rings (SSSR count). The Morgan fingerprint density at radius 3 is 2.78 bits per heavy atom. The Kier molecular flexibility index (Phi) is 5.31. The molecule has 1 amide bonds. The Morgan fingerprint density at radius 2 is 2.00 bits per heavy atom. The molecule has 0 atom stereocenters. The number of hydrogen-bond donors (Lipinski definition) is 1. The molecule has 1 aromatic carbocycles. The van der Waals surface area contributed by atoms with Crippen molar-refractivity contribution in [3.05, 3.63) is 36.0 Å². The molecule has 23 heavy (non-hydrogen) atoms. The Labute approximate surface area is 137 Å². The summed E-state index contributed by atoms with van der Waals surface area (Å²) in [7, 11) is 1.74. The van der Waals surface area contributed by atoms with Crippen LogP contribution in [-0.4, -0.2) is 67.1 Å². The van der Waals surface area contributed by atoms with E-state index in [2.05, 4.69) is 16.0 Å². The third kappa shape index (κ3) is 3.92. The molecular formula is C18H25N3O2. The van der Waals surface area contributed by atoms with Gasteiger partial charge in [-0.25, -0.2) is 0 Å². The first-order valence-corrected chi connectivity index (χ1v) is 8.32. The minimum Gasteiger partial charge on any atom is -0.385 e. The molecule has 0 aliphatic carbocycles. The van der Waals surface area contributed by atoms with Gasteiger partial charge < -0.3 is 14.6 Å². The zero-order chi connectivity index (χ0) is 16.1. The SMILES string of the molecule is COCCCN1CCN(C(=O)Cc2c[nH]c3ccccc23)CC1. The van der Waals surface area contributed by atoms with Crippen molar-refractivity contribution < 1.29 is 9.53 Å². The van der Waals surface area contributed by atoms with Gasteiger partial charge in [0.2, 0.25) is 5.91 Å². The van der Waals surface area contributed by atoms with Crippen molar-refractivity contribution in [2.75, 3.05) is 46.4 Å². The van der Waals surface area contributed by atoms with Crippen molar-refractivity contribution in [3.8, 4) is 0 Å². The van der Waals surface area contributed by atoms with Gasteiger partial charge in [0.15, 0.2) is 0 Å². The molecule has 2 aromatic rings. The lowest BCUT2D eigenvalue weighted by Gasteiger charge is -2.34. The molecule has 1 aliphatic rings. The number of benzene rings is 1. The highest BCUT2D eigenvalue weighted by Gasteiger charge is 2.21. The third-order valence-electron chi connectivity index (χ3n) is 4.56. The summed E-state index contributed by atoms with van der Waals surface area (Å²) in [5, 5.41) is 1.15. The van der Waals surface area contributed by atoms with Gasteiger partial charge in [-0.05, 0) is 18.1 Å². The zero-order valence-corrected chi connectivity index (χ0v) is 13.8. The molecule has 1 fully saturated rings. The fraction of sp³-hybridized carbons (Fsp3) is 0.500. The van der Waals surface area contributed by atoms with E-state index in [0.29, 0.717) is 6.42 Å². The summed E-state index contributed by atoms with van der Waals surface area (Å²) in [6.45, 7) is 5.44. The average molecular weight is 315 g/mol. The fourth-order valence-electron chi connectivity index (χ4n) is 3.21. The van der Waals surface area contributed by atoms with Gasteiger partial charge in [-0.2, -0.15) is 0 Å². The maximum atomic E-state index is 12.5. The van der Waals surface area contributed by atoms with E-state index >= 15 is 0 Å². The highest BCUT2D eigenvalue weighted by Crippen LogP contribution is 2.19. The quantitative estimate of drug-likeness (QED) is 0.828. The van der Waals surface area contributed by atoms with E-state index in [0.717, 1.165) is 62.2 Å². The Bertz CT molecular complexity index is 645. The summed E-state index contributed by atoms with van der Waals surface area (Å²) < 4.78 is 5.09. The number of rotatable bonds is 6. The number of ether oxygens (including phenoxy) is 1. The second-order valence-electron chi connectivity index (χ2n) is 6.11. The van der Waals surface area contributed by atoms with Gasteiger partial charge in [-0.15, -0.1) is 0 Å². The molecule has 0 unspecified atom stereocenters. The van der Waals surface area contributed by atoms with Crippen LogP contribution in [0.25, 0.3) is 10.9 Å². The number of fused-ring (bicyclic) bond motifs is 1. The monoisotopic (exact) mass is 315 g/mol. The number of H-pyrrole nitrogens is 1. The molecule has 1 N–H and O–H groups in total. The van der Waals surface area contributed by atoms with Crippen LogP contribution >= 0.6 is 0 Å². The number of carbonyl (C=O) groups is 1. The lowest BCUT2D eigenvalue weighted by Crippen LogP contribution is -2.49. The molecule has 0 spiro atoms. The summed E-state index contributed by atoms with van der Waals surface area (Å²) in [6.07, 6.45) is 3.50. The Morgan fingerprint density at radius 1 is 1.22 bits per heavy atom. The van der Waals surface area contributed by atoms with Crippen molar-refractivity contribution >= 4 is 16.8 Å². The highest BCUT2D eigenvalue weighted by molar-refractivity contribution is 5.88. The number of piperazine rings is 1. The maximum absolute atomic E-state index is 12.5. The first-order valence-electron chi connectivity index (χ1n) is 8.32. The number of nitrogens with zero attached hydrogens (tertiary/aromatic N) is 2. The molecular weight excluding hydrogens is 290 g/mol. The van der Waals surface area contributed by atoms with Crippen molar-refractivity contribution in [2.24, 2.45) is 0 Å². The van der Waals surface area contributed by atoms with Gasteiger partial charge in [-0.3, -0.25) is 9.69 Å². The lowest BCUT2D eigenvalue weighted by molar-refractivity contribution is -0.132. The number of hydrogen-bond acceptors (Lipinski definition) is 3. The van der Waals surface area contributed by atoms with Gasteiger partial charge >= 0.3 is 0 Å². The standard InChI is InChI=1S/C18H25N3O2/c1-23-12-4-7-20-8-10-21(11-9-20)18(22)13-15-14-19-17-6-3-2-5-16(15)17/h2-3,5-6,14,19H,4,7-13H2,1H3. The molecule has 0 saturated carbocycles.